The average molecular weight is 179 g/mol. The molecule has 1 aliphatic heterocycles. The molecular weight excluding hydrogens is 162 g/mol. The molecule has 3 aliphatic rings. The minimum Gasteiger partial charge on any atom is -0.313 e. The Morgan fingerprint density at radius 2 is 2.38 bits per heavy atom. The summed E-state index contributed by atoms with van der Waals surface area (Å²) in [6.07, 6.45) is 4.86. The molecule has 0 aromatic carbocycles. The minimum absolute atomic E-state index is 0.342. The molecule has 1 heterocycles. The molecule has 3 rings (SSSR count). The fourth-order valence-electron chi connectivity index (χ4n) is 3.92. The van der Waals surface area contributed by atoms with E-state index >= 15 is 0 Å². The quantitative estimate of drug-likeness (QED) is 0.608. The van der Waals surface area contributed by atoms with Gasteiger partial charge in [-0.15, -0.1) is 0 Å². The van der Waals surface area contributed by atoms with Gasteiger partial charge in [0, 0.05) is 17.9 Å². The third-order valence-electron chi connectivity index (χ3n) is 4.58. The summed E-state index contributed by atoms with van der Waals surface area (Å²) in [6.45, 7) is 3.28. The molecule has 2 aliphatic carbocycles. The molecule has 3 unspecified atom stereocenters. The first-order valence-corrected chi connectivity index (χ1v) is 5.51. The van der Waals surface area contributed by atoms with E-state index in [4.69, 9.17) is 0 Å². The van der Waals surface area contributed by atoms with Gasteiger partial charge in [-0.05, 0) is 37.6 Å². The van der Waals surface area contributed by atoms with Crippen LogP contribution >= 0.6 is 0 Å². The summed E-state index contributed by atoms with van der Waals surface area (Å²) in [5, 5.41) is 3.57. The second kappa shape index (κ2) is 2.35. The van der Waals surface area contributed by atoms with Crippen molar-refractivity contribution in [1.82, 2.24) is 5.32 Å². The standard InChI is InChI=1S/C11H17NO/c1-7-6-11-3-2-4-12-9(11)5-8(11)10(7)13/h7-9,12H,2-6H2,1H3/t7?,8-,9?,11?/m0/s1. The molecule has 1 N–H and O–H groups in total. The molecule has 0 aromatic rings. The first kappa shape index (κ1) is 7.98. The Hall–Kier alpha value is -0.370. The molecule has 3 fully saturated rings. The summed E-state index contributed by atoms with van der Waals surface area (Å²) in [7, 11) is 0. The molecule has 2 nitrogen and oxygen atoms in total. The van der Waals surface area contributed by atoms with E-state index in [-0.39, 0.29) is 0 Å². The SMILES string of the molecule is CC1CC23CCCNC2C[C@H]3C1=O. The van der Waals surface area contributed by atoms with Gasteiger partial charge in [-0.2, -0.15) is 0 Å². The van der Waals surface area contributed by atoms with Gasteiger partial charge in [-0.3, -0.25) is 4.79 Å². The lowest BCUT2D eigenvalue weighted by Gasteiger charge is -2.55. The average Bonchev–Trinajstić information content (AvgIpc) is 2.28. The Labute approximate surface area is 79.1 Å². The molecule has 0 aromatic heterocycles. The maximum atomic E-state index is 11.8. The van der Waals surface area contributed by atoms with E-state index in [2.05, 4.69) is 12.2 Å². The molecule has 1 spiro atoms. The lowest BCUT2D eigenvalue weighted by atomic mass is 9.54. The Morgan fingerprint density at radius 3 is 3.08 bits per heavy atom. The maximum absolute atomic E-state index is 11.8. The zero-order valence-electron chi connectivity index (χ0n) is 8.18. The second-order valence-electron chi connectivity index (χ2n) is 5.14. The highest BCUT2D eigenvalue weighted by Gasteiger charge is 2.63. The zero-order chi connectivity index (χ0) is 9.05. The van der Waals surface area contributed by atoms with E-state index in [0.29, 0.717) is 29.1 Å². The van der Waals surface area contributed by atoms with Gasteiger partial charge in [0.1, 0.15) is 5.78 Å². The summed E-state index contributed by atoms with van der Waals surface area (Å²) in [5.74, 6) is 1.33. The van der Waals surface area contributed by atoms with E-state index < -0.39 is 0 Å². The van der Waals surface area contributed by atoms with Gasteiger partial charge in [-0.25, -0.2) is 0 Å². The number of carbonyl (C=O) groups is 1. The number of hydrogen-bond acceptors (Lipinski definition) is 2. The Morgan fingerprint density at radius 1 is 1.54 bits per heavy atom. The van der Waals surface area contributed by atoms with Crippen LogP contribution in [0.2, 0.25) is 0 Å². The fourth-order valence-corrected chi connectivity index (χ4v) is 3.92. The van der Waals surface area contributed by atoms with Crippen LogP contribution in [0.15, 0.2) is 0 Å². The molecule has 72 valence electrons. The van der Waals surface area contributed by atoms with Gasteiger partial charge < -0.3 is 5.32 Å². The Balaban J connectivity index is 1.91. The number of nitrogens with one attached hydrogen (secondary N) is 1. The van der Waals surface area contributed by atoms with E-state index in [9.17, 15) is 4.79 Å². The predicted octanol–water partition coefficient (Wildman–Crippen LogP) is 1.35. The van der Waals surface area contributed by atoms with E-state index in [0.717, 1.165) is 12.8 Å². The highest BCUT2D eigenvalue weighted by Crippen LogP contribution is 2.61. The van der Waals surface area contributed by atoms with Crippen molar-refractivity contribution in [3.8, 4) is 0 Å². The molecule has 1 saturated heterocycles. The number of carbonyl (C=O) groups excluding carboxylic acids is 1. The van der Waals surface area contributed by atoms with Crippen LogP contribution in [0.25, 0.3) is 0 Å². The van der Waals surface area contributed by atoms with Crippen molar-refractivity contribution in [3.05, 3.63) is 0 Å². The first-order chi connectivity index (χ1) is 6.24. The first-order valence-electron chi connectivity index (χ1n) is 5.51. The van der Waals surface area contributed by atoms with Crippen molar-refractivity contribution in [3.63, 3.8) is 0 Å². The summed E-state index contributed by atoms with van der Waals surface area (Å²) >= 11 is 0. The zero-order valence-corrected chi connectivity index (χ0v) is 8.18. The lowest BCUT2D eigenvalue weighted by Crippen LogP contribution is -2.61. The topological polar surface area (TPSA) is 29.1 Å². The molecule has 0 bridgehead atoms. The normalized spacial score (nSPS) is 53.9. The lowest BCUT2D eigenvalue weighted by molar-refractivity contribution is -0.131. The van der Waals surface area contributed by atoms with Crippen LogP contribution in [0, 0.1) is 17.3 Å². The van der Waals surface area contributed by atoms with Gasteiger partial charge in [0.05, 0.1) is 0 Å². The summed E-state index contributed by atoms with van der Waals surface area (Å²) in [5.41, 5.74) is 0.411. The van der Waals surface area contributed by atoms with Crippen molar-refractivity contribution >= 4 is 5.78 Å². The summed E-state index contributed by atoms with van der Waals surface area (Å²) in [4.78, 5) is 11.8. The van der Waals surface area contributed by atoms with Crippen molar-refractivity contribution in [2.45, 2.75) is 38.6 Å². The highest BCUT2D eigenvalue weighted by atomic mass is 16.1. The van der Waals surface area contributed by atoms with Gasteiger partial charge in [0.25, 0.3) is 0 Å². The molecule has 4 atom stereocenters. The summed E-state index contributed by atoms with van der Waals surface area (Å²) in [6, 6.07) is 0.681. The number of ketones is 1. The number of Topliss-reactive ketones (excluding diaryl/α,β-unsaturated/α-hetero) is 1. The van der Waals surface area contributed by atoms with Crippen molar-refractivity contribution in [1.29, 1.82) is 0 Å². The smallest absolute Gasteiger partial charge is 0.139 e. The van der Waals surface area contributed by atoms with Gasteiger partial charge in [-0.1, -0.05) is 6.92 Å². The number of hydrogen-bond donors (Lipinski definition) is 1. The van der Waals surface area contributed by atoms with Crippen LogP contribution in [0.5, 0.6) is 0 Å². The largest absolute Gasteiger partial charge is 0.313 e. The molecule has 2 heteroatoms. The van der Waals surface area contributed by atoms with Crippen molar-refractivity contribution in [2.24, 2.45) is 17.3 Å². The molecule has 2 saturated carbocycles. The van der Waals surface area contributed by atoms with Crippen LogP contribution in [-0.2, 0) is 4.79 Å². The van der Waals surface area contributed by atoms with E-state index in [1.807, 2.05) is 0 Å². The Kier molecular flexibility index (Phi) is 1.44. The minimum atomic E-state index is 0.342. The van der Waals surface area contributed by atoms with Crippen LogP contribution in [-0.4, -0.2) is 18.4 Å². The van der Waals surface area contributed by atoms with Crippen LogP contribution in [0.4, 0.5) is 0 Å². The number of rotatable bonds is 0. The van der Waals surface area contributed by atoms with E-state index in [1.54, 1.807) is 0 Å². The summed E-state index contributed by atoms with van der Waals surface area (Å²) < 4.78 is 0. The van der Waals surface area contributed by atoms with Crippen molar-refractivity contribution in [2.75, 3.05) is 6.54 Å². The van der Waals surface area contributed by atoms with Gasteiger partial charge >= 0.3 is 0 Å². The molecule has 0 radical (unpaired) electrons. The highest BCUT2D eigenvalue weighted by molar-refractivity contribution is 5.88. The van der Waals surface area contributed by atoms with Crippen LogP contribution in [0.1, 0.15) is 32.6 Å². The van der Waals surface area contributed by atoms with E-state index in [1.165, 1.54) is 19.4 Å². The molecule has 0 amide bonds. The molecule has 13 heavy (non-hydrogen) atoms. The van der Waals surface area contributed by atoms with Crippen molar-refractivity contribution < 1.29 is 4.79 Å². The second-order valence-corrected chi connectivity index (χ2v) is 5.14. The van der Waals surface area contributed by atoms with Gasteiger partial charge in [0.15, 0.2) is 0 Å². The van der Waals surface area contributed by atoms with Crippen LogP contribution < -0.4 is 5.32 Å². The third-order valence-corrected chi connectivity index (χ3v) is 4.58. The maximum Gasteiger partial charge on any atom is 0.139 e. The predicted molar refractivity (Wildman–Crippen MR) is 50.4 cm³/mol. The number of piperidine rings is 1. The third kappa shape index (κ3) is 0.804. The molecular formula is C11H17NO. The monoisotopic (exact) mass is 179 g/mol. The van der Waals surface area contributed by atoms with Crippen LogP contribution in [0.3, 0.4) is 0 Å². The Bertz CT molecular complexity index is 263. The fraction of sp³-hybridized carbons (Fsp3) is 0.909. The van der Waals surface area contributed by atoms with Gasteiger partial charge in [0.2, 0.25) is 0 Å².